The molecule has 3 nitrogen and oxygen atoms in total. The third-order valence-corrected chi connectivity index (χ3v) is 3.89. The van der Waals surface area contributed by atoms with Gasteiger partial charge in [-0.25, -0.2) is 15.0 Å². The van der Waals surface area contributed by atoms with Crippen molar-refractivity contribution in [2.45, 2.75) is 13.3 Å². The SMILES string of the molecule is C=C/C=C\C(=C/C)c1nc(C2=CC=CCC=C2)nc(-c2ccccc2)n1. The molecular weight excluding hydrogens is 318 g/mol. The molecule has 1 aliphatic carbocycles. The Labute approximate surface area is 154 Å². The molecule has 128 valence electrons. The van der Waals surface area contributed by atoms with Crippen molar-refractivity contribution in [2.75, 3.05) is 0 Å². The van der Waals surface area contributed by atoms with Crippen LogP contribution in [0.2, 0.25) is 0 Å². The molecule has 0 unspecified atom stereocenters. The van der Waals surface area contributed by atoms with Gasteiger partial charge in [0.2, 0.25) is 0 Å². The number of rotatable bonds is 5. The van der Waals surface area contributed by atoms with E-state index in [1.54, 1.807) is 6.08 Å². The van der Waals surface area contributed by atoms with Gasteiger partial charge in [0.05, 0.1) is 0 Å². The largest absolute Gasteiger partial charge is 0.208 e. The van der Waals surface area contributed by atoms with E-state index in [0.29, 0.717) is 17.5 Å². The lowest BCUT2D eigenvalue weighted by molar-refractivity contribution is 1.00. The van der Waals surface area contributed by atoms with E-state index in [2.05, 4.69) is 24.8 Å². The minimum Gasteiger partial charge on any atom is -0.208 e. The van der Waals surface area contributed by atoms with Crippen LogP contribution >= 0.6 is 0 Å². The summed E-state index contributed by atoms with van der Waals surface area (Å²) in [6.07, 6.45) is 18.8. The van der Waals surface area contributed by atoms with Gasteiger partial charge < -0.3 is 0 Å². The molecule has 0 radical (unpaired) electrons. The van der Waals surface area contributed by atoms with Crippen molar-refractivity contribution in [1.82, 2.24) is 15.0 Å². The van der Waals surface area contributed by atoms with E-state index in [9.17, 15) is 0 Å². The maximum atomic E-state index is 4.72. The minimum atomic E-state index is 0.650. The Morgan fingerprint density at radius 2 is 1.85 bits per heavy atom. The van der Waals surface area contributed by atoms with Crippen molar-refractivity contribution in [3.05, 3.63) is 103 Å². The van der Waals surface area contributed by atoms with Crippen LogP contribution in [0.1, 0.15) is 25.0 Å². The van der Waals surface area contributed by atoms with E-state index in [1.807, 2.05) is 67.6 Å². The Balaban J connectivity index is 2.17. The average Bonchev–Trinajstić information content (AvgIpc) is 2.99. The molecule has 3 rings (SSSR count). The molecule has 0 aliphatic heterocycles. The Morgan fingerprint density at radius 1 is 1.04 bits per heavy atom. The van der Waals surface area contributed by atoms with Crippen molar-refractivity contribution >= 4 is 11.1 Å². The Morgan fingerprint density at radius 3 is 2.62 bits per heavy atom. The van der Waals surface area contributed by atoms with Gasteiger partial charge in [0.15, 0.2) is 17.5 Å². The van der Waals surface area contributed by atoms with Crippen LogP contribution in [0.25, 0.3) is 22.5 Å². The normalized spacial score (nSPS) is 14.3. The zero-order valence-corrected chi connectivity index (χ0v) is 14.8. The number of aromatic nitrogens is 3. The fourth-order valence-corrected chi connectivity index (χ4v) is 2.55. The van der Waals surface area contributed by atoms with E-state index >= 15 is 0 Å². The van der Waals surface area contributed by atoms with Crippen LogP contribution in [0.5, 0.6) is 0 Å². The van der Waals surface area contributed by atoms with Gasteiger partial charge in [0.1, 0.15) is 0 Å². The molecule has 3 heteroatoms. The topological polar surface area (TPSA) is 38.7 Å². The highest BCUT2D eigenvalue weighted by Gasteiger charge is 2.12. The van der Waals surface area contributed by atoms with Crippen LogP contribution in [0.4, 0.5) is 0 Å². The van der Waals surface area contributed by atoms with Gasteiger partial charge in [0, 0.05) is 16.7 Å². The molecule has 1 aromatic carbocycles. The Kier molecular flexibility index (Phi) is 5.84. The van der Waals surface area contributed by atoms with Crippen LogP contribution in [-0.4, -0.2) is 15.0 Å². The summed E-state index contributed by atoms with van der Waals surface area (Å²) < 4.78 is 0. The van der Waals surface area contributed by atoms with Crippen LogP contribution in [0.3, 0.4) is 0 Å². The molecule has 0 saturated carbocycles. The van der Waals surface area contributed by atoms with Crippen molar-refractivity contribution in [1.29, 1.82) is 0 Å². The maximum Gasteiger partial charge on any atom is 0.164 e. The number of nitrogens with zero attached hydrogens (tertiary/aromatic N) is 3. The molecule has 1 aromatic heterocycles. The molecule has 0 fully saturated rings. The van der Waals surface area contributed by atoms with Gasteiger partial charge in [-0.05, 0) is 13.3 Å². The second kappa shape index (κ2) is 8.67. The lowest BCUT2D eigenvalue weighted by atomic mass is 10.1. The third kappa shape index (κ3) is 4.19. The fourth-order valence-electron chi connectivity index (χ4n) is 2.55. The van der Waals surface area contributed by atoms with Gasteiger partial charge >= 0.3 is 0 Å². The number of benzene rings is 1. The number of hydrogen-bond donors (Lipinski definition) is 0. The Hall–Kier alpha value is -3.33. The van der Waals surface area contributed by atoms with Crippen molar-refractivity contribution in [2.24, 2.45) is 0 Å². The molecule has 0 atom stereocenters. The monoisotopic (exact) mass is 339 g/mol. The summed E-state index contributed by atoms with van der Waals surface area (Å²) >= 11 is 0. The van der Waals surface area contributed by atoms with E-state index in [-0.39, 0.29) is 0 Å². The first kappa shape index (κ1) is 17.5. The lowest BCUT2D eigenvalue weighted by Gasteiger charge is -2.08. The highest BCUT2D eigenvalue weighted by Crippen LogP contribution is 2.22. The standard InChI is InChI=1S/C23H21N3/c1-3-5-13-18(4-2)21-24-22(19-14-9-6-7-10-15-19)26-23(25-21)20-16-11-8-12-17-20/h3-6,8-17H,1,7H2,2H3/b13-5-,18-4+. The van der Waals surface area contributed by atoms with Crippen LogP contribution in [0.15, 0.2) is 91.6 Å². The summed E-state index contributed by atoms with van der Waals surface area (Å²) in [5.41, 5.74) is 2.87. The highest BCUT2D eigenvalue weighted by molar-refractivity contribution is 5.76. The first-order chi connectivity index (χ1) is 12.8. The zero-order valence-electron chi connectivity index (χ0n) is 14.8. The van der Waals surface area contributed by atoms with Crippen LogP contribution in [0, 0.1) is 0 Å². The second-order valence-corrected chi connectivity index (χ2v) is 5.70. The maximum absolute atomic E-state index is 4.72. The van der Waals surface area contributed by atoms with E-state index in [1.165, 1.54) is 0 Å². The summed E-state index contributed by atoms with van der Waals surface area (Å²) in [4.78, 5) is 14.1. The minimum absolute atomic E-state index is 0.650. The van der Waals surface area contributed by atoms with Gasteiger partial charge in [-0.15, -0.1) is 0 Å². The molecule has 0 amide bonds. The molecule has 0 saturated heterocycles. The molecule has 1 aliphatic rings. The molecule has 1 heterocycles. The number of allylic oxidation sites excluding steroid dienone is 11. The Bertz CT molecular complexity index is 929. The zero-order chi connectivity index (χ0) is 18.2. The molecule has 26 heavy (non-hydrogen) atoms. The first-order valence-corrected chi connectivity index (χ1v) is 8.63. The van der Waals surface area contributed by atoms with Crippen molar-refractivity contribution in [3.8, 4) is 11.4 Å². The van der Waals surface area contributed by atoms with Gasteiger partial charge in [0.25, 0.3) is 0 Å². The van der Waals surface area contributed by atoms with Gasteiger partial charge in [-0.3, -0.25) is 0 Å². The molecule has 0 spiro atoms. The van der Waals surface area contributed by atoms with E-state index in [0.717, 1.165) is 23.1 Å². The first-order valence-electron chi connectivity index (χ1n) is 8.63. The summed E-state index contributed by atoms with van der Waals surface area (Å²) in [5, 5.41) is 0. The predicted molar refractivity (Wildman–Crippen MR) is 109 cm³/mol. The van der Waals surface area contributed by atoms with Crippen LogP contribution in [-0.2, 0) is 0 Å². The van der Waals surface area contributed by atoms with E-state index < -0.39 is 0 Å². The average molecular weight is 339 g/mol. The van der Waals surface area contributed by atoms with Crippen LogP contribution < -0.4 is 0 Å². The molecular formula is C23H21N3. The van der Waals surface area contributed by atoms with Crippen molar-refractivity contribution < 1.29 is 0 Å². The summed E-state index contributed by atoms with van der Waals surface area (Å²) in [7, 11) is 0. The van der Waals surface area contributed by atoms with Gasteiger partial charge in [-0.1, -0.05) is 91.6 Å². The lowest BCUT2D eigenvalue weighted by Crippen LogP contribution is -2.04. The van der Waals surface area contributed by atoms with Gasteiger partial charge in [-0.2, -0.15) is 0 Å². The summed E-state index contributed by atoms with van der Waals surface area (Å²) in [6.45, 7) is 5.71. The molecule has 0 N–H and O–H groups in total. The predicted octanol–water partition coefficient (Wildman–Crippen LogP) is 5.58. The highest BCUT2D eigenvalue weighted by atomic mass is 15.0. The second-order valence-electron chi connectivity index (χ2n) is 5.70. The molecule has 0 bridgehead atoms. The summed E-state index contributed by atoms with van der Waals surface area (Å²) in [5.74, 6) is 1.99. The van der Waals surface area contributed by atoms with E-state index in [4.69, 9.17) is 15.0 Å². The fraction of sp³-hybridized carbons (Fsp3) is 0.0870. The smallest absolute Gasteiger partial charge is 0.164 e. The third-order valence-electron chi connectivity index (χ3n) is 3.89. The van der Waals surface area contributed by atoms with Crippen molar-refractivity contribution in [3.63, 3.8) is 0 Å². The number of hydrogen-bond acceptors (Lipinski definition) is 3. The summed E-state index contributed by atoms with van der Waals surface area (Å²) in [6, 6.07) is 9.97. The quantitative estimate of drug-likeness (QED) is 0.667. The molecule has 2 aromatic rings.